The van der Waals surface area contributed by atoms with E-state index in [9.17, 15) is 4.79 Å². The summed E-state index contributed by atoms with van der Waals surface area (Å²) in [5, 5.41) is 10.8. The van der Waals surface area contributed by atoms with Crippen molar-refractivity contribution in [2.45, 2.75) is 25.4 Å². The van der Waals surface area contributed by atoms with E-state index < -0.39 is 11.6 Å². The van der Waals surface area contributed by atoms with Crippen LogP contribution < -0.4 is 0 Å². The average molecular weight is 212 g/mol. The van der Waals surface area contributed by atoms with Crippen LogP contribution in [0.25, 0.3) is 0 Å². The van der Waals surface area contributed by atoms with Crippen molar-refractivity contribution in [2.24, 2.45) is 0 Å². The third-order valence-corrected chi connectivity index (χ3v) is 3.53. The van der Waals surface area contributed by atoms with Crippen molar-refractivity contribution < 1.29 is 14.6 Å². The van der Waals surface area contributed by atoms with Crippen molar-refractivity contribution in [2.75, 3.05) is 6.61 Å². The zero-order chi connectivity index (χ0) is 10.2. The normalized spacial score (nSPS) is 25.8. The summed E-state index contributed by atoms with van der Waals surface area (Å²) < 4.78 is 5.59. The number of ether oxygens (including phenoxy) is 1. The van der Waals surface area contributed by atoms with Gasteiger partial charge in [-0.1, -0.05) is 0 Å². The summed E-state index contributed by atoms with van der Waals surface area (Å²) in [7, 11) is 0. The van der Waals surface area contributed by atoms with Crippen molar-refractivity contribution in [1.29, 1.82) is 0 Å². The van der Waals surface area contributed by atoms with Crippen LogP contribution in [0, 0.1) is 0 Å². The Labute approximate surface area is 86.3 Å². The minimum absolute atomic E-state index is 0.0384. The highest BCUT2D eigenvalue weighted by Gasteiger charge is 2.35. The smallest absolute Gasteiger partial charge is 0.306 e. The fraction of sp³-hybridized carbons (Fsp3) is 0.500. The van der Waals surface area contributed by atoms with Gasteiger partial charge in [0.05, 0.1) is 13.0 Å². The molecule has 1 aromatic rings. The van der Waals surface area contributed by atoms with Gasteiger partial charge in [0.2, 0.25) is 0 Å². The number of carbonyl (C=O) groups is 1. The first kappa shape index (κ1) is 9.68. The van der Waals surface area contributed by atoms with Gasteiger partial charge in [-0.25, -0.2) is 0 Å². The van der Waals surface area contributed by atoms with Crippen LogP contribution in [0.4, 0.5) is 0 Å². The molecule has 76 valence electrons. The molecule has 1 aliphatic rings. The van der Waals surface area contributed by atoms with E-state index in [0.717, 1.165) is 12.0 Å². The number of carboxylic acids is 1. The van der Waals surface area contributed by atoms with Gasteiger partial charge in [-0.2, -0.15) is 0 Å². The SMILES string of the molecule is C[C@@]1(CC(=O)O)OCCc2sccc21. The summed E-state index contributed by atoms with van der Waals surface area (Å²) in [5.41, 5.74) is 0.426. The third kappa shape index (κ3) is 1.55. The Bertz CT molecular complexity index is 358. The van der Waals surface area contributed by atoms with E-state index in [0.29, 0.717) is 6.61 Å². The van der Waals surface area contributed by atoms with Crippen molar-refractivity contribution in [1.82, 2.24) is 0 Å². The molecule has 1 N–H and O–H groups in total. The predicted octanol–water partition coefficient (Wildman–Crippen LogP) is 2.01. The third-order valence-electron chi connectivity index (χ3n) is 2.55. The molecule has 0 aliphatic carbocycles. The summed E-state index contributed by atoms with van der Waals surface area (Å²) in [6.07, 6.45) is 0.943. The van der Waals surface area contributed by atoms with Gasteiger partial charge in [-0.05, 0) is 23.9 Å². The molecule has 1 aliphatic heterocycles. The van der Waals surface area contributed by atoms with Gasteiger partial charge in [0.15, 0.2) is 0 Å². The van der Waals surface area contributed by atoms with Gasteiger partial charge < -0.3 is 9.84 Å². The number of thiophene rings is 1. The number of rotatable bonds is 2. The lowest BCUT2D eigenvalue weighted by Crippen LogP contribution is -2.33. The van der Waals surface area contributed by atoms with Crippen molar-refractivity contribution in [3.8, 4) is 0 Å². The Morgan fingerprint density at radius 1 is 1.79 bits per heavy atom. The fourth-order valence-corrected chi connectivity index (χ4v) is 2.87. The molecule has 0 spiro atoms. The molecule has 0 bridgehead atoms. The number of hydrogen-bond acceptors (Lipinski definition) is 3. The Kier molecular flexibility index (Phi) is 2.33. The second-order valence-corrected chi connectivity index (χ2v) is 4.66. The van der Waals surface area contributed by atoms with E-state index in [4.69, 9.17) is 9.84 Å². The zero-order valence-corrected chi connectivity index (χ0v) is 8.76. The number of fused-ring (bicyclic) bond motifs is 1. The van der Waals surface area contributed by atoms with Crippen LogP contribution in [-0.2, 0) is 21.6 Å². The topological polar surface area (TPSA) is 46.5 Å². The predicted molar refractivity (Wildman–Crippen MR) is 53.6 cm³/mol. The molecule has 2 rings (SSSR count). The lowest BCUT2D eigenvalue weighted by molar-refractivity contribution is -0.146. The largest absolute Gasteiger partial charge is 0.481 e. The lowest BCUT2D eigenvalue weighted by atomic mass is 9.90. The molecule has 1 aromatic heterocycles. The molecular formula is C10H12O3S. The molecule has 3 nitrogen and oxygen atoms in total. The molecule has 4 heteroatoms. The highest BCUT2D eigenvalue weighted by atomic mass is 32.1. The fourth-order valence-electron chi connectivity index (χ4n) is 1.89. The number of carboxylic acid groups (broad SMARTS) is 1. The van der Waals surface area contributed by atoms with Gasteiger partial charge in [0.25, 0.3) is 0 Å². The van der Waals surface area contributed by atoms with Crippen LogP contribution in [0.2, 0.25) is 0 Å². The summed E-state index contributed by atoms with van der Waals surface area (Å²) in [6.45, 7) is 2.48. The zero-order valence-electron chi connectivity index (χ0n) is 7.95. The maximum atomic E-state index is 10.7. The van der Waals surface area contributed by atoms with E-state index in [1.54, 1.807) is 11.3 Å². The summed E-state index contributed by atoms with van der Waals surface area (Å²) in [5.74, 6) is -0.813. The molecule has 0 saturated heterocycles. The quantitative estimate of drug-likeness (QED) is 0.815. The Morgan fingerprint density at radius 3 is 3.29 bits per heavy atom. The number of hydrogen-bond donors (Lipinski definition) is 1. The van der Waals surface area contributed by atoms with Crippen LogP contribution in [0.15, 0.2) is 11.4 Å². The number of aliphatic carboxylic acids is 1. The molecule has 0 amide bonds. The Hall–Kier alpha value is -0.870. The molecule has 0 unspecified atom stereocenters. The summed E-state index contributed by atoms with van der Waals surface area (Å²) in [6, 6.07) is 1.97. The summed E-state index contributed by atoms with van der Waals surface area (Å²) >= 11 is 1.68. The molecular weight excluding hydrogens is 200 g/mol. The Morgan fingerprint density at radius 2 is 2.57 bits per heavy atom. The Balaban J connectivity index is 2.34. The second kappa shape index (κ2) is 3.37. The standard InChI is InChI=1S/C10H12O3S/c1-10(6-9(11)12)7-3-5-14-8(7)2-4-13-10/h3,5H,2,4,6H2,1H3,(H,11,12)/t10-/m0/s1. The molecule has 0 aromatic carbocycles. The van der Waals surface area contributed by atoms with E-state index in [1.165, 1.54) is 4.88 Å². The molecule has 2 heterocycles. The minimum atomic E-state index is -0.813. The van der Waals surface area contributed by atoms with E-state index in [-0.39, 0.29) is 6.42 Å². The second-order valence-electron chi connectivity index (χ2n) is 3.66. The molecule has 0 fully saturated rings. The van der Waals surface area contributed by atoms with Crippen LogP contribution in [-0.4, -0.2) is 17.7 Å². The van der Waals surface area contributed by atoms with Crippen molar-refractivity contribution in [3.63, 3.8) is 0 Å². The first-order valence-electron chi connectivity index (χ1n) is 4.54. The van der Waals surface area contributed by atoms with Gasteiger partial charge >= 0.3 is 5.97 Å². The minimum Gasteiger partial charge on any atom is -0.481 e. The average Bonchev–Trinajstić information content (AvgIpc) is 2.51. The highest BCUT2D eigenvalue weighted by Crippen LogP contribution is 2.38. The van der Waals surface area contributed by atoms with Gasteiger partial charge in [0, 0.05) is 11.3 Å². The first-order chi connectivity index (χ1) is 6.62. The van der Waals surface area contributed by atoms with Crippen LogP contribution in [0.5, 0.6) is 0 Å². The maximum absolute atomic E-state index is 10.7. The molecule has 0 radical (unpaired) electrons. The lowest BCUT2D eigenvalue weighted by Gasteiger charge is -2.32. The van der Waals surface area contributed by atoms with E-state index in [2.05, 4.69) is 0 Å². The van der Waals surface area contributed by atoms with Crippen molar-refractivity contribution >= 4 is 17.3 Å². The van der Waals surface area contributed by atoms with E-state index >= 15 is 0 Å². The maximum Gasteiger partial charge on any atom is 0.306 e. The highest BCUT2D eigenvalue weighted by molar-refractivity contribution is 7.10. The van der Waals surface area contributed by atoms with Crippen LogP contribution in [0.1, 0.15) is 23.8 Å². The summed E-state index contributed by atoms with van der Waals surface area (Å²) in [4.78, 5) is 12.0. The van der Waals surface area contributed by atoms with Gasteiger partial charge in [-0.15, -0.1) is 11.3 Å². The van der Waals surface area contributed by atoms with Gasteiger partial charge in [0.1, 0.15) is 5.60 Å². The monoisotopic (exact) mass is 212 g/mol. The van der Waals surface area contributed by atoms with Crippen LogP contribution >= 0.6 is 11.3 Å². The molecule has 14 heavy (non-hydrogen) atoms. The molecule has 1 atom stereocenters. The van der Waals surface area contributed by atoms with Crippen molar-refractivity contribution in [3.05, 3.63) is 21.9 Å². The first-order valence-corrected chi connectivity index (χ1v) is 5.42. The van der Waals surface area contributed by atoms with Crippen LogP contribution in [0.3, 0.4) is 0 Å². The van der Waals surface area contributed by atoms with Gasteiger partial charge in [-0.3, -0.25) is 4.79 Å². The molecule has 0 saturated carbocycles. The van der Waals surface area contributed by atoms with E-state index in [1.807, 2.05) is 18.4 Å².